The van der Waals surface area contributed by atoms with Gasteiger partial charge in [0, 0.05) is 16.3 Å². The zero-order valence-electron chi connectivity index (χ0n) is 11.7. The zero-order valence-corrected chi connectivity index (χ0v) is 11.7. The number of aromatic nitrogens is 3. The first kappa shape index (κ1) is 12.9. The van der Waals surface area contributed by atoms with Crippen LogP contribution in [0.1, 0.15) is 0 Å². The molecule has 0 atom stereocenters. The molecule has 0 bridgehead atoms. The first-order valence-corrected chi connectivity index (χ1v) is 6.99. The minimum absolute atomic E-state index is 0.00444. The highest BCUT2D eigenvalue weighted by molar-refractivity contribution is 6.30. The number of aromatic amines is 3. The Bertz CT molecular complexity index is 1540. The molecule has 0 fully saturated rings. The van der Waals surface area contributed by atoms with Gasteiger partial charge in [-0.1, -0.05) is 0 Å². The normalized spacial score (nSPS) is 12.2. The van der Waals surface area contributed by atoms with Crippen LogP contribution < -0.4 is 22.2 Å². The van der Waals surface area contributed by atoms with Gasteiger partial charge >= 0.3 is 0 Å². The van der Waals surface area contributed by atoms with Crippen LogP contribution in [0.15, 0.2) is 37.4 Å². The summed E-state index contributed by atoms with van der Waals surface area (Å²) in [6.45, 7) is 0. The largest absolute Gasteiger partial charge is 0.354 e. The van der Waals surface area contributed by atoms with Crippen LogP contribution >= 0.6 is 0 Å². The highest BCUT2D eigenvalue weighted by Crippen LogP contribution is 2.34. The van der Waals surface area contributed by atoms with Gasteiger partial charge in [-0.05, 0) is 18.2 Å². The van der Waals surface area contributed by atoms with Crippen molar-refractivity contribution in [3.63, 3.8) is 0 Å². The Morgan fingerprint density at radius 1 is 0.667 bits per heavy atom. The number of benzene rings is 2. The van der Waals surface area contributed by atoms with Crippen LogP contribution in [-0.4, -0.2) is 15.0 Å². The summed E-state index contributed by atoms with van der Waals surface area (Å²) < 4.78 is 13.5. The van der Waals surface area contributed by atoms with Crippen molar-refractivity contribution in [2.75, 3.05) is 0 Å². The van der Waals surface area contributed by atoms with E-state index in [0.717, 1.165) is 0 Å². The van der Waals surface area contributed by atoms with E-state index in [4.69, 9.17) is 0 Å². The molecule has 0 saturated carbocycles. The van der Waals surface area contributed by atoms with Crippen molar-refractivity contribution in [3.8, 4) is 0 Å². The predicted octanol–water partition coefficient (Wildman–Crippen LogP) is 0.739. The summed E-state index contributed by atoms with van der Waals surface area (Å²) in [5, 5.41) is 0.593. The van der Waals surface area contributed by atoms with Crippen LogP contribution in [0.5, 0.6) is 0 Å². The van der Waals surface area contributed by atoms with Gasteiger partial charge in [0.2, 0.25) is 0 Å². The highest BCUT2D eigenvalue weighted by Gasteiger charge is 2.23. The summed E-state index contributed by atoms with van der Waals surface area (Å²) in [6.07, 6.45) is 0. The lowest BCUT2D eigenvalue weighted by Gasteiger charge is -1.96. The fraction of sp³-hybridized carbons (Fsp3) is 0. The van der Waals surface area contributed by atoms with E-state index in [1.54, 1.807) is 0 Å². The van der Waals surface area contributed by atoms with Crippen molar-refractivity contribution in [1.29, 1.82) is 0 Å². The van der Waals surface area contributed by atoms with Gasteiger partial charge < -0.3 is 4.98 Å². The van der Waals surface area contributed by atoms with Crippen LogP contribution in [-0.2, 0) is 0 Å². The van der Waals surface area contributed by atoms with E-state index in [0.29, 0.717) is 16.3 Å². The smallest absolute Gasteiger partial charge is 0.261 e. The van der Waals surface area contributed by atoms with Crippen LogP contribution in [0, 0.1) is 5.82 Å². The molecule has 0 aliphatic rings. The molecule has 0 aliphatic heterocycles. The topological polar surface area (TPSA) is 116 Å². The Labute approximate surface area is 129 Å². The van der Waals surface area contributed by atoms with E-state index in [-0.39, 0.29) is 27.1 Å². The number of rotatable bonds is 0. The van der Waals surface area contributed by atoms with Crippen LogP contribution in [0.3, 0.4) is 0 Å². The number of hydrogen-bond acceptors (Lipinski definition) is 4. The van der Waals surface area contributed by atoms with E-state index in [1.807, 2.05) is 0 Å². The molecule has 0 spiro atoms. The number of fused-ring (bicyclic) bond motifs is 8. The van der Waals surface area contributed by atoms with E-state index >= 15 is 0 Å². The van der Waals surface area contributed by atoms with Gasteiger partial charge in [-0.15, -0.1) is 0 Å². The SMILES string of the molecule is O=c1[nH]c(=O)c2c1c1[nH]c3cc(F)ccc3c1c1c(=O)[nH]c(=O)c21. The summed E-state index contributed by atoms with van der Waals surface area (Å²) in [5.74, 6) is -0.497. The van der Waals surface area contributed by atoms with Crippen LogP contribution in [0.4, 0.5) is 4.39 Å². The van der Waals surface area contributed by atoms with Gasteiger partial charge in [-0.3, -0.25) is 29.1 Å². The number of hydrogen-bond donors (Lipinski definition) is 3. The molecule has 7 nitrogen and oxygen atoms in total. The van der Waals surface area contributed by atoms with Crippen LogP contribution in [0.2, 0.25) is 0 Å². The minimum atomic E-state index is -0.733. The maximum absolute atomic E-state index is 13.5. The van der Waals surface area contributed by atoms with Crippen molar-refractivity contribution in [3.05, 3.63) is 65.4 Å². The Hall–Kier alpha value is -3.55. The van der Waals surface area contributed by atoms with Gasteiger partial charge in [0.1, 0.15) is 5.82 Å². The fourth-order valence-electron chi connectivity index (χ4n) is 3.48. The lowest BCUT2D eigenvalue weighted by atomic mass is 10.0. The molecule has 24 heavy (non-hydrogen) atoms. The number of H-pyrrole nitrogens is 3. The van der Waals surface area contributed by atoms with Crippen molar-refractivity contribution in [1.82, 2.24) is 15.0 Å². The van der Waals surface area contributed by atoms with Gasteiger partial charge in [0.25, 0.3) is 22.2 Å². The standard InChI is InChI=1S/C16H6FN3O4/c17-4-1-2-5-6(3-4)18-12-7(5)8-9(14(22)19-13(8)21)10-11(12)16(24)20-15(10)23/h1-3,18H,(H,19,21,22)(H,20,23,24). The van der Waals surface area contributed by atoms with E-state index in [1.165, 1.54) is 18.2 Å². The quantitative estimate of drug-likeness (QED) is 0.390. The summed E-state index contributed by atoms with van der Waals surface area (Å²) in [7, 11) is 0. The molecule has 2 aromatic carbocycles. The molecule has 3 N–H and O–H groups in total. The number of nitrogens with one attached hydrogen (secondary N) is 3. The fourth-order valence-corrected chi connectivity index (χ4v) is 3.48. The third kappa shape index (κ3) is 1.31. The van der Waals surface area contributed by atoms with Gasteiger partial charge in [0.15, 0.2) is 0 Å². The molecule has 0 amide bonds. The maximum atomic E-state index is 13.5. The second-order valence-corrected chi connectivity index (χ2v) is 5.63. The second kappa shape index (κ2) is 3.85. The molecule has 3 aromatic heterocycles. The summed E-state index contributed by atoms with van der Waals surface area (Å²) in [6, 6.07) is 3.90. The molecular weight excluding hydrogens is 317 g/mol. The van der Waals surface area contributed by atoms with Crippen molar-refractivity contribution >= 4 is 43.4 Å². The lowest BCUT2D eigenvalue weighted by molar-refractivity contribution is 0.629. The summed E-state index contributed by atoms with van der Waals surface area (Å²) in [5.41, 5.74) is -2.18. The Balaban J connectivity index is 2.36. The predicted molar refractivity (Wildman–Crippen MR) is 86.9 cm³/mol. The average Bonchev–Trinajstić information content (AvgIpc) is 3.11. The third-order valence-corrected chi connectivity index (χ3v) is 4.37. The van der Waals surface area contributed by atoms with E-state index in [2.05, 4.69) is 15.0 Å². The van der Waals surface area contributed by atoms with E-state index < -0.39 is 28.1 Å². The van der Waals surface area contributed by atoms with Gasteiger partial charge in [0.05, 0.1) is 27.1 Å². The average molecular weight is 323 g/mol. The summed E-state index contributed by atoms with van der Waals surface area (Å²) >= 11 is 0. The Morgan fingerprint density at radius 2 is 1.21 bits per heavy atom. The first-order valence-electron chi connectivity index (χ1n) is 6.99. The third-order valence-electron chi connectivity index (χ3n) is 4.37. The number of halogens is 1. The molecule has 5 aromatic rings. The highest BCUT2D eigenvalue weighted by atomic mass is 19.1. The van der Waals surface area contributed by atoms with E-state index in [9.17, 15) is 23.6 Å². The van der Waals surface area contributed by atoms with Crippen molar-refractivity contribution in [2.45, 2.75) is 0 Å². The summed E-state index contributed by atoms with van der Waals surface area (Å²) in [4.78, 5) is 55.9. The molecule has 8 heteroatoms. The first-order chi connectivity index (χ1) is 11.5. The van der Waals surface area contributed by atoms with Crippen molar-refractivity contribution in [2.24, 2.45) is 0 Å². The molecule has 0 radical (unpaired) electrons. The molecule has 0 unspecified atom stereocenters. The monoisotopic (exact) mass is 323 g/mol. The molecule has 0 saturated heterocycles. The maximum Gasteiger partial charge on any atom is 0.261 e. The second-order valence-electron chi connectivity index (χ2n) is 5.63. The molecular formula is C16H6FN3O4. The molecule has 3 heterocycles. The van der Waals surface area contributed by atoms with Crippen molar-refractivity contribution < 1.29 is 4.39 Å². The zero-order chi connectivity index (χ0) is 16.7. The molecule has 0 aliphatic carbocycles. The Morgan fingerprint density at radius 3 is 1.88 bits per heavy atom. The molecule has 5 rings (SSSR count). The van der Waals surface area contributed by atoms with Crippen LogP contribution in [0.25, 0.3) is 43.4 Å². The molecule has 116 valence electrons. The van der Waals surface area contributed by atoms with Gasteiger partial charge in [-0.2, -0.15) is 0 Å². The Kier molecular flexibility index (Phi) is 2.08. The minimum Gasteiger partial charge on any atom is -0.354 e. The lowest BCUT2D eigenvalue weighted by Crippen LogP contribution is -2.08. The van der Waals surface area contributed by atoms with Gasteiger partial charge in [-0.25, -0.2) is 4.39 Å².